The zero-order chi connectivity index (χ0) is 14.0. The van der Waals surface area contributed by atoms with Gasteiger partial charge in [-0.2, -0.15) is 0 Å². The molecule has 1 aromatic rings. The number of ether oxygens (including phenoxy) is 1. The van der Waals surface area contributed by atoms with Crippen LogP contribution in [0.4, 0.5) is 4.79 Å². The van der Waals surface area contributed by atoms with E-state index in [4.69, 9.17) is 0 Å². The van der Waals surface area contributed by atoms with E-state index in [9.17, 15) is 9.59 Å². The van der Waals surface area contributed by atoms with Gasteiger partial charge < -0.3 is 14.5 Å². The third kappa shape index (κ3) is 2.70. The van der Waals surface area contributed by atoms with Crippen LogP contribution in [0.25, 0.3) is 0 Å². The molecule has 5 heteroatoms. The Kier molecular flexibility index (Phi) is 3.74. The van der Waals surface area contributed by atoms with Gasteiger partial charge in [0.1, 0.15) is 6.54 Å². The molecule has 1 atom stereocenters. The lowest BCUT2D eigenvalue weighted by atomic mass is 10.1. The van der Waals surface area contributed by atoms with Crippen molar-refractivity contribution in [3.05, 3.63) is 35.4 Å². The van der Waals surface area contributed by atoms with E-state index in [1.165, 1.54) is 17.6 Å². The van der Waals surface area contributed by atoms with Gasteiger partial charge in [0, 0.05) is 13.6 Å². The van der Waals surface area contributed by atoms with Gasteiger partial charge in [-0.05, 0) is 12.5 Å². The highest BCUT2D eigenvalue weighted by molar-refractivity contribution is 5.82. The van der Waals surface area contributed by atoms with Crippen molar-refractivity contribution >= 4 is 12.0 Å². The lowest BCUT2D eigenvalue weighted by molar-refractivity contribution is -0.141. The van der Waals surface area contributed by atoms with E-state index in [1.54, 1.807) is 11.9 Å². The van der Waals surface area contributed by atoms with Gasteiger partial charge in [0.25, 0.3) is 0 Å². The van der Waals surface area contributed by atoms with Crippen molar-refractivity contribution in [1.82, 2.24) is 9.80 Å². The van der Waals surface area contributed by atoms with Crippen LogP contribution in [0.1, 0.15) is 17.2 Å². The van der Waals surface area contributed by atoms with Gasteiger partial charge in [0.05, 0.1) is 13.2 Å². The van der Waals surface area contributed by atoms with Gasteiger partial charge in [0.2, 0.25) is 0 Å². The maximum atomic E-state index is 12.1. The van der Waals surface area contributed by atoms with Crippen molar-refractivity contribution in [2.45, 2.75) is 13.0 Å². The lowest BCUT2D eigenvalue weighted by Crippen LogP contribution is -2.34. The number of methoxy groups -OCH3 is 1. The first-order valence-electron chi connectivity index (χ1n) is 6.18. The van der Waals surface area contributed by atoms with E-state index in [0.717, 1.165) is 5.56 Å². The molecule has 1 heterocycles. The Balaban J connectivity index is 2.14. The lowest BCUT2D eigenvalue weighted by Gasteiger charge is -2.18. The molecule has 1 unspecified atom stereocenters. The molecule has 1 saturated heterocycles. The molecule has 0 saturated carbocycles. The summed E-state index contributed by atoms with van der Waals surface area (Å²) in [6.07, 6.45) is 0. The second-order valence-corrected chi connectivity index (χ2v) is 4.78. The second kappa shape index (κ2) is 5.30. The molecule has 1 aliphatic heterocycles. The van der Waals surface area contributed by atoms with Crippen LogP contribution in [-0.4, -0.2) is 49.0 Å². The summed E-state index contributed by atoms with van der Waals surface area (Å²) in [5.74, 6) is -0.397. The first kappa shape index (κ1) is 13.4. The van der Waals surface area contributed by atoms with E-state index in [-0.39, 0.29) is 18.6 Å². The van der Waals surface area contributed by atoms with Crippen LogP contribution in [0.5, 0.6) is 0 Å². The van der Waals surface area contributed by atoms with Crippen LogP contribution in [0.2, 0.25) is 0 Å². The molecule has 0 aromatic heterocycles. The van der Waals surface area contributed by atoms with Crippen LogP contribution in [0.15, 0.2) is 24.3 Å². The van der Waals surface area contributed by atoms with E-state index >= 15 is 0 Å². The summed E-state index contributed by atoms with van der Waals surface area (Å²) in [5, 5.41) is 0. The highest BCUT2D eigenvalue weighted by atomic mass is 16.5. The number of benzene rings is 1. The third-order valence-corrected chi connectivity index (χ3v) is 3.44. The van der Waals surface area contributed by atoms with E-state index in [0.29, 0.717) is 6.54 Å². The SMILES string of the molecule is COC(=O)CN1CC(c2ccc(C)cc2)N(C)C1=O. The zero-order valence-corrected chi connectivity index (χ0v) is 11.4. The Morgan fingerprint density at radius 1 is 1.37 bits per heavy atom. The van der Waals surface area contributed by atoms with Crippen molar-refractivity contribution in [3.8, 4) is 0 Å². The van der Waals surface area contributed by atoms with Gasteiger partial charge in [-0.3, -0.25) is 4.79 Å². The highest BCUT2D eigenvalue weighted by Gasteiger charge is 2.36. The fourth-order valence-corrected chi connectivity index (χ4v) is 2.24. The molecule has 5 nitrogen and oxygen atoms in total. The van der Waals surface area contributed by atoms with Crippen molar-refractivity contribution in [2.24, 2.45) is 0 Å². The number of hydrogen-bond acceptors (Lipinski definition) is 3. The standard InChI is InChI=1S/C14H18N2O3/c1-10-4-6-11(7-5-10)12-8-16(9-13(17)19-3)14(18)15(12)2/h4-7,12H,8-9H2,1-3H3. The predicted molar refractivity (Wildman–Crippen MR) is 70.7 cm³/mol. The number of hydrogen-bond donors (Lipinski definition) is 0. The monoisotopic (exact) mass is 262 g/mol. The van der Waals surface area contributed by atoms with Crippen LogP contribution in [0, 0.1) is 6.92 Å². The largest absolute Gasteiger partial charge is 0.468 e. The average Bonchev–Trinajstić information content (AvgIpc) is 2.68. The Labute approximate surface area is 112 Å². The molecule has 1 fully saturated rings. The smallest absolute Gasteiger partial charge is 0.325 e. The first-order valence-corrected chi connectivity index (χ1v) is 6.18. The van der Waals surface area contributed by atoms with Crippen molar-refractivity contribution in [1.29, 1.82) is 0 Å². The topological polar surface area (TPSA) is 49.9 Å². The molecular formula is C14H18N2O3. The zero-order valence-electron chi connectivity index (χ0n) is 11.4. The summed E-state index contributed by atoms with van der Waals surface area (Å²) in [7, 11) is 3.08. The minimum Gasteiger partial charge on any atom is -0.468 e. The molecule has 102 valence electrons. The van der Waals surface area contributed by atoms with Crippen molar-refractivity contribution in [3.63, 3.8) is 0 Å². The molecule has 0 radical (unpaired) electrons. The van der Waals surface area contributed by atoms with E-state index < -0.39 is 5.97 Å². The average molecular weight is 262 g/mol. The third-order valence-electron chi connectivity index (χ3n) is 3.44. The van der Waals surface area contributed by atoms with Gasteiger partial charge in [-0.1, -0.05) is 29.8 Å². The summed E-state index contributed by atoms with van der Waals surface area (Å²) in [4.78, 5) is 26.5. The van der Waals surface area contributed by atoms with Crippen LogP contribution in [0.3, 0.4) is 0 Å². The minimum atomic E-state index is -0.397. The van der Waals surface area contributed by atoms with E-state index in [1.807, 2.05) is 31.2 Å². The molecule has 1 aliphatic rings. The molecule has 0 aliphatic carbocycles. The Morgan fingerprint density at radius 2 is 2.00 bits per heavy atom. The Bertz CT molecular complexity index is 484. The molecule has 0 spiro atoms. The molecule has 2 amide bonds. The number of urea groups is 1. The molecular weight excluding hydrogens is 244 g/mol. The molecule has 0 bridgehead atoms. The van der Waals surface area contributed by atoms with E-state index in [2.05, 4.69) is 4.74 Å². The maximum absolute atomic E-state index is 12.1. The number of amides is 2. The highest BCUT2D eigenvalue weighted by Crippen LogP contribution is 2.27. The quantitative estimate of drug-likeness (QED) is 0.777. The van der Waals surface area contributed by atoms with Crippen LogP contribution in [-0.2, 0) is 9.53 Å². The number of likely N-dealkylation sites (N-methyl/N-ethyl adjacent to an activating group) is 1. The number of rotatable bonds is 3. The fraction of sp³-hybridized carbons (Fsp3) is 0.429. The summed E-state index contributed by atoms with van der Waals surface area (Å²) >= 11 is 0. The first-order chi connectivity index (χ1) is 9.02. The number of nitrogens with zero attached hydrogens (tertiary/aromatic N) is 2. The summed E-state index contributed by atoms with van der Waals surface area (Å²) in [6, 6.07) is 7.93. The van der Waals surface area contributed by atoms with Crippen molar-refractivity contribution < 1.29 is 14.3 Å². The maximum Gasteiger partial charge on any atom is 0.325 e. The van der Waals surface area contributed by atoms with Crippen LogP contribution < -0.4 is 0 Å². The molecule has 1 aromatic carbocycles. The Morgan fingerprint density at radius 3 is 2.58 bits per heavy atom. The number of carbonyl (C=O) groups excluding carboxylic acids is 2. The molecule has 0 N–H and O–H groups in total. The predicted octanol–water partition coefficient (Wildman–Crippen LogP) is 1.58. The fourth-order valence-electron chi connectivity index (χ4n) is 2.24. The minimum absolute atomic E-state index is 0.00202. The number of esters is 1. The van der Waals surface area contributed by atoms with Crippen molar-refractivity contribution in [2.75, 3.05) is 27.2 Å². The molecule has 2 rings (SSSR count). The second-order valence-electron chi connectivity index (χ2n) is 4.78. The van der Waals surface area contributed by atoms with Gasteiger partial charge in [0.15, 0.2) is 0 Å². The van der Waals surface area contributed by atoms with Crippen LogP contribution >= 0.6 is 0 Å². The summed E-state index contributed by atoms with van der Waals surface area (Å²) in [6.45, 7) is 2.53. The van der Waals surface area contributed by atoms with Gasteiger partial charge in [-0.15, -0.1) is 0 Å². The molecule has 19 heavy (non-hydrogen) atoms. The summed E-state index contributed by atoms with van der Waals surface area (Å²) < 4.78 is 4.60. The van der Waals surface area contributed by atoms with Gasteiger partial charge in [-0.25, -0.2) is 4.79 Å². The van der Waals surface area contributed by atoms with Gasteiger partial charge >= 0.3 is 12.0 Å². The normalized spacial score (nSPS) is 18.9. The number of aryl methyl sites for hydroxylation is 1. The number of carbonyl (C=O) groups is 2. The summed E-state index contributed by atoms with van der Waals surface area (Å²) in [5.41, 5.74) is 2.26. The Hall–Kier alpha value is -2.04.